The van der Waals surface area contributed by atoms with E-state index in [0.29, 0.717) is 13.2 Å². The molecule has 1 unspecified atom stereocenters. The molecule has 1 atom stereocenters. The molecule has 9 heteroatoms. The maximum atomic E-state index is 14.4. The van der Waals surface area contributed by atoms with Gasteiger partial charge in [-0.1, -0.05) is 0 Å². The fourth-order valence-corrected chi connectivity index (χ4v) is 2.88. The van der Waals surface area contributed by atoms with E-state index in [0.717, 1.165) is 18.9 Å². The van der Waals surface area contributed by atoms with Gasteiger partial charge in [0.25, 0.3) is 5.91 Å². The SMILES string of the molecule is O=C(O)CCN(CC1CCCO1)C(=O)c1ccc(-n2cncn2)c(F)c1. The lowest BCUT2D eigenvalue weighted by Crippen LogP contribution is -2.38. The Morgan fingerprint density at radius 2 is 2.27 bits per heavy atom. The Bertz CT molecular complexity index is 775. The number of ether oxygens (including phenoxy) is 1. The lowest BCUT2D eigenvalue weighted by Gasteiger charge is -2.25. The fourth-order valence-electron chi connectivity index (χ4n) is 2.88. The highest BCUT2D eigenvalue weighted by atomic mass is 19.1. The molecule has 3 rings (SSSR count). The monoisotopic (exact) mass is 362 g/mol. The Balaban J connectivity index is 1.78. The Morgan fingerprint density at radius 1 is 1.42 bits per heavy atom. The molecule has 0 aliphatic carbocycles. The molecular formula is C17H19FN4O4. The lowest BCUT2D eigenvalue weighted by molar-refractivity contribution is -0.137. The number of nitrogens with zero attached hydrogens (tertiary/aromatic N) is 4. The van der Waals surface area contributed by atoms with E-state index in [1.165, 1.54) is 34.4 Å². The molecule has 138 valence electrons. The van der Waals surface area contributed by atoms with Crippen LogP contribution in [0.3, 0.4) is 0 Å². The van der Waals surface area contributed by atoms with Crippen LogP contribution in [0.4, 0.5) is 4.39 Å². The Labute approximate surface area is 149 Å². The van der Waals surface area contributed by atoms with Crippen molar-refractivity contribution in [2.45, 2.75) is 25.4 Å². The van der Waals surface area contributed by atoms with E-state index >= 15 is 0 Å². The first-order valence-electron chi connectivity index (χ1n) is 8.32. The maximum Gasteiger partial charge on any atom is 0.305 e. The average Bonchev–Trinajstić information content (AvgIpc) is 3.31. The van der Waals surface area contributed by atoms with Crippen molar-refractivity contribution in [1.82, 2.24) is 19.7 Å². The molecule has 1 N–H and O–H groups in total. The van der Waals surface area contributed by atoms with Crippen molar-refractivity contribution in [2.24, 2.45) is 0 Å². The molecule has 2 aromatic rings. The van der Waals surface area contributed by atoms with E-state index in [9.17, 15) is 14.0 Å². The lowest BCUT2D eigenvalue weighted by atomic mass is 10.1. The Hall–Kier alpha value is -2.81. The van der Waals surface area contributed by atoms with Crippen molar-refractivity contribution >= 4 is 11.9 Å². The van der Waals surface area contributed by atoms with E-state index < -0.39 is 17.7 Å². The molecule has 0 bridgehead atoms. The van der Waals surface area contributed by atoms with Gasteiger partial charge >= 0.3 is 5.97 Å². The third-order valence-corrected chi connectivity index (χ3v) is 4.19. The molecule has 1 aromatic carbocycles. The second-order valence-corrected chi connectivity index (χ2v) is 6.04. The van der Waals surface area contributed by atoms with Gasteiger partial charge in [0.05, 0.1) is 12.5 Å². The summed E-state index contributed by atoms with van der Waals surface area (Å²) in [5, 5.41) is 12.8. The zero-order chi connectivity index (χ0) is 18.5. The van der Waals surface area contributed by atoms with Gasteiger partial charge in [-0.3, -0.25) is 9.59 Å². The Morgan fingerprint density at radius 3 is 2.88 bits per heavy atom. The molecule has 1 saturated heterocycles. The highest BCUT2D eigenvalue weighted by Crippen LogP contribution is 2.18. The van der Waals surface area contributed by atoms with Crippen LogP contribution in [0.15, 0.2) is 30.9 Å². The van der Waals surface area contributed by atoms with Crippen LogP contribution in [0.25, 0.3) is 5.69 Å². The third kappa shape index (κ3) is 4.23. The summed E-state index contributed by atoms with van der Waals surface area (Å²) >= 11 is 0. The van der Waals surface area contributed by atoms with Crippen LogP contribution in [-0.4, -0.2) is 62.4 Å². The number of rotatable bonds is 7. The number of carboxylic acids is 1. The van der Waals surface area contributed by atoms with Gasteiger partial charge in [-0.2, -0.15) is 5.10 Å². The zero-order valence-corrected chi connectivity index (χ0v) is 14.0. The number of hydrogen-bond acceptors (Lipinski definition) is 5. The van der Waals surface area contributed by atoms with E-state index in [1.54, 1.807) is 0 Å². The average molecular weight is 362 g/mol. The van der Waals surface area contributed by atoms with Gasteiger partial charge < -0.3 is 14.7 Å². The van der Waals surface area contributed by atoms with Crippen molar-refractivity contribution in [2.75, 3.05) is 19.7 Å². The number of benzene rings is 1. The topological polar surface area (TPSA) is 97.6 Å². The fraction of sp³-hybridized carbons (Fsp3) is 0.412. The standard InChI is InChI=1S/C17H19FN4O4/c18-14-8-12(3-4-15(14)22-11-19-10-20-22)17(25)21(6-5-16(23)24)9-13-2-1-7-26-13/h3-4,8,10-11,13H,1-2,5-7,9H2,(H,23,24). The van der Waals surface area contributed by atoms with Gasteiger partial charge in [-0.25, -0.2) is 14.1 Å². The van der Waals surface area contributed by atoms with E-state index in [2.05, 4.69) is 10.1 Å². The quantitative estimate of drug-likeness (QED) is 0.802. The van der Waals surface area contributed by atoms with Crippen molar-refractivity contribution in [1.29, 1.82) is 0 Å². The van der Waals surface area contributed by atoms with Crippen LogP contribution in [-0.2, 0) is 9.53 Å². The van der Waals surface area contributed by atoms with Crippen LogP contribution in [0.5, 0.6) is 0 Å². The number of amides is 1. The van der Waals surface area contributed by atoms with E-state index in [1.807, 2.05) is 0 Å². The van der Waals surface area contributed by atoms with Crippen LogP contribution < -0.4 is 0 Å². The number of hydrogen-bond donors (Lipinski definition) is 1. The zero-order valence-electron chi connectivity index (χ0n) is 14.0. The summed E-state index contributed by atoms with van der Waals surface area (Å²) in [4.78, 5) is 28.8. The molecule has 0 spiro atoms. The molecule has 8 nitrogen and oxygen atoms in total. The highest BCUT2D eigenvalue weighted by Gasteiger charge is 2.24. The molecule has 1 fully saturated rings. The minimum atomic E-state index is -0.997. The van der Waals surface area contributed by atoms with Gasteiger partial charge in [0.1, 0.15) is 24.2 Å². The number of carboxylic acid groups (broad SMARTS) is 1. The number of aromatic nitrogens is 3. The minimum Gasteiger partial charge on any atom is -0.481 e. The molecule has 0 saturated carbocycles. The molecule has 1 aliphatic rings. The van der Waals surface area contributed by atoms with Crippen molar-refractivity contribution in [3.05, 3.63) is 42.2 Å². The molecular weight excluding hydrogens is 343 g/mol. The van der Waals surface area contributed by atoms with Crippen LogP contribution in [0.2, 0.25) is 0 Å². The first-order valence-corrected chi connectivity index (χ1v) is 8.32. The number of aliphatic carboxylic acids is 1. The molecule has 1 aliphatic heterocycles. The van der Waals surface area contributed by atoms with E-state index in [-0.39, 0.29) is 30.3 Å². The third-order valence-electron chi connectivity index (χ3n) is 4.19. The highest BCUT2D eigenvalue weighted by molar-refractivity contribution is 5.94. The van der Waals surface area contributed by atoms with Gasteiger partial charge in [-0.05, 0) is 31.0 Å². The molecule has 26 heavy (non-hydrogen) atoms. The summed E-state index contributed by atoms with van der Waals surface area (Å²) in [5.41, 5.74) is 0.324. The smallest absolute Gasteiger partial charge is 0.305 e. The molecule has 1 amide bonds. The van der Waals surface area contributed by atoms with E-state index in [4.69, 9.17) is 9.84 Å². The van der Waals surface area contributed by atoms with Gasteiger partial charge in [0.2, 0.25) is 0 Å². The van der Waals surface area contributed by atoms with Crippen LogP contribution >= 0.6 is 0 Å². The predicted molar refractivity (Wildman–Crippen MR) is 88.4 cm³/mol. The molecule has 2 heterocycles. The minimum absolute atomic E-state index is 0.0421. The summed E-state index contributed by atoms with van der Waals surface area (Å²) < 4.78 is 21.2. The predicted octanol–water partition coefficient (Wildman–Crippen LogP) is 1.50. The first-order chi connectivity index (χ1) is 12.5. The summed E-state index contributed by atoms with van der Waals surface area (Å²) in [5.74, 6) is -2.04. The second kappa shape index (κ2) is 8.05. The molecule has 1 aromatic heterocycles. The normalized spacial score (nSPS) is 16.6. The molecule has 0 radical (unpaired) electrons. The van der Waals surface area contributed by atoms with Gasteiger partial charge in [-0.15, -0.1) is 0 Å². The van der Waals surface area contributed by atoms with Crippen LogP contribution in [0.1, 0.15) is 29.6 Å². The van der Waals surface area contributed by atoms with Crippen molar-refractivity contribution in [3.63, 3.8) is 0 Å². The summed E-state index contributed by atoms with van der Waals surface area (Å²) in [6.07, 6.45) is 4.07. The van der Waals surface area contributed by atoms with Crippen molar-refractivity contribution < 1.29 is 23.8 Å². The number of carbonyl (C=O) groups is 2. The number of halogens is 1. The number of carbonyl (C=O) groups excluding carboxylic acids is 1. The largest absolute Gasteiger partial charge is 0.481 e. The summed E-state index contributed by atoms with van der Waals surface area (Å²) in [7, 11) is 0. The van der Waals surface area contributed by atoms with Crippen molar-refractivity contribution in [3.8, 4) is 5.69 Å². The van der Waals surface area contributed by atoms with Crippen LogP contribution in [0, 0.1) is 5.82 Å². The summed E-state index contributed by atoms with van der Waals surface area (Å²) in [6, 6.07) is 4.06. The Kier molecular flexibility index (Phi) is 5.57. The first kappa shape index (κ1) is 18.0. The second-order valence-electron chi connectivity index (χ2n) is 6.04. The summed E-state index contributed by atoms with van der Waals surface area (Å²) in [6.45, 7) is 0.964. The maximum absolute atomic E-state index is 14.4. The van der Waals surface area contributed by atoms with Gasteiger partial charge in [0, 0.05) is 25.3 Å². The van der Waals surface area contributed by atoms with Gasteiger partial charge in [0.15, 0.2) is 0 Å².